The molecule has 32 heavy (non-hydrogen) atoms. The molecule has 0 saturated heterocycles. The molecular formula is C28H23ClN2O. The van der Waals surface area contributed by atoms with Gasteiger partial charge in [0.05, 0.1) is 17.6 Å². The highest BCUT2D eigenvalue weighted by atomic mass is 35.5. The maximum atomic E-state index is 6.15. The van der Waals surface area contributed by atoms with Crippen LogP contribution in [0.25, 0.3) is 34.0 Å². The van der Waals surface area contributed by atoms with E-state index in [1.807, 2.05) is 48.5 Å². The number of aromatic nitrogens is 2. The van der Waals surface area contributed by atoms with Crippen molar-refractivity contribution in [2.24, 2.45) is 0 Å². The Hall–Kier alpha value is -3.56. The van der Waals surface area contributed by atoms with Gasteiger partial charge in [-0.2, -0.15) is 0 Å². The Morgan fingerprint density at radius 2 is 1.59 bits per heavy atom. The summed E-state index contributed by atoms with van der Waals surface area (Å²) in [6.07, 6.45) is 5.01. The molecule has 4 aromatic carbocycles. The molecule has 1 aromatic heterocycles. The first-order valence-electron chi connectivity index (χ1n) is 10.8. The number of benzene rings is 4. The van der Waals surface area contributed by atoms with Gasteiger partial charge in [-0.25, -0.2) is 4.98 Å². The molecule has 0 aliphatic carbocycles. The van der Waals surface area contributed by atoms with E-state index in [9.17, 15) is 0 Å². The van der Waals surface area contributed by atoms with Crippen LogP contribution in [-0.2, 0) is 6.54 Å². The Labute approximate surface area is 192 Å². The van der Waals surface area contributed by atoms with Crippen molar-refractivity contribution in [1.82, 2.24) is 9.55 Å². The molecule has 0 fully saturated rings. The summed E-state index contributed by atoms with van der Waals surface area (Å²) in [7, 11) is 0. The lowest BCUT2D eigenvalue weighted by atomic mass is 10.1. The molecule has 0 bridgehead atoms. The maximum Gasteiger partial charge on any atom is 0.133 e. The van der Waals surface area contributed by atoms with Gasteiger partial charge in [0.1, 0.15) is 11.6 Å². The second-order valence-corrected chi connectivity index (χ2v) is 8.11. The van der Waals surface area contributed by atoms with E-state index in [1.165, 1.54) is 5.39 Å². The van der Waals surface area contributed by atoms with Crippen LogP contribution in [0.2, 0.25) is 5.02 Å². The quantitative estimate of drug-likeness (QED) is 0.246. The SMILES string of the molecule is Clc1ccc(/C=C/c2nc3ccccc3n2CCCOc2cccc3ccccc23)cc1. The molecule has 5 aromatic rings. The van der Waals surface area contributed by atoms with E-state index in [0.717, 1.165) is 51.5 Å². The van der Waals surface area contributed by atoms with Crippen molar-refractivity contribution < 1.29 is 4.74 Å². The number of nitrogens with zero attached hydrogens (tertiary/aromatic N) is 2. The Bertz CT molecular complexity index is 1380. The van der Waals surface area contributed by atoms with Crippen molar-refractivity contribution in [3.05, 3.63) is 107 Å². The number of imidazole rings is 1. The monoisotopic (exact) mass is 438 g/mol. The molecule has 0 aliphatic heterocycles. The zero-order chi connectivity index (χ0) is 21.8. The van der Waals surface area contributed by atoms with Crippen LogP contribution in [0.1, 0.15) is 17.8 Å². The highest BCUT2D eigenvalue weighted by molar-refractivity contribution is 6.30. The highest BCUT2D eigenvalue weighted by Gasteiger charge is 2.08. The van der Waals surface area contributed by atoms with E-state index in [2.05, 4.69) is 59.2 Å². The number of halogens is 1. The standard InChI is InChI=1S/C28H23ClN2O/c29-23-16-13-21(14-17-23)15-18-28-30-25-10-3-4-11-26(25)31(28)19-6-20-32-27-12-5-8-22-7-1-2-9-24(22)27/h1-5,7-18H,6,19-20H2/b18-15+. The van der Waals surface area contributed by atoms with Crippen LogP contribution in [0, 0.1) is 0 Å². The van der Waals surface area contributed by atoms with Gasteiger partial charge in [-0.1, -0.05) is 78.3 Å². The van der Waals surface area contributed by atoms with E-state index < -0.39 is 0 Å². The van der Waals surface area contributed by atoms with Crippen LogP contribution in [0.4, 0.5) is 0 Å². The van der Waals surface area contributed by atoms with Crippen molar-refractivity contribution in [3.8, 4) is 5.75 Å². The lowest BCUT2D eigenvalue weighted by Crippen LogP contribution is -2.06. The van der Waals surface area contributed by atoms with Gasteiger partial charge in [-0.3, -0.25) is 0 Å². The molecule has 1 heterocycles. The number of hydrogen-bond acceptors (Lipinski definition) is 2. The molecule has 0 aliphatic rings. The van der Waals surface area contributed by atoms with Gasteiger partial charge in [0.15, 0.2) is 0 Å². The van der Waals surface area contributed by atoms with E-state index >= 15 is 0 Å². The van der Waals surface area contributed by atoms with E-state index in [0.29, 0.717) is 6.61 Å². The fourth-order valence-electron chi connectivity index (χ4n) is 3.93. The molecule has 0 spiro atoms. The average molecular weight is 439 g/mol. The molecule has 5 rings (SSSR count). The minimum Gasteiger partial charge on any atom is -0.493 e. The number of aryl methyl sites for hydroxylation is 1. The summed E-state index contributed by atoms with van der Waals surface area (Å²) < 4.78 is 8.40. The summed E-state index contributed by atoms with van der Waals surface area (Å²) in [4.78, 5) is 4.83. The number of para-hydroxylation sites is 2. The highest BCUT2D eigenvalue weighted by Crippen LogP contribution is 2.25. The second kappa shape index (κ2) is 9.29. The van der Waals surface area contributed by atoms with Crippen LogP contribution in [0.15, 0.2) is 91.0 Å². The molecule has 0 atom stereocenters. The van der Waals surface area contributed by atoms with Gasteiger partial charge in [0, 0.05) is 17.0 Å². The first-order chi connectivity index (χ1) is 15.8. The molecule has 0 amide bonds. The van der Waals surface area contributed by atoms with Crippen LogP contribution in [-0.4, -0.2) is 16.2 Å². The Morgan fingerprint density at radius 1 is 0.812 bits per heavy atom. The number of rotatable bonds is 7. The van der Waals surface area contributed by atoms with Gasteiger partial charge < -0.3 is 9.30 Å². The predicted molar refractivity (Wildman–Crippen MR) is 134 cm³/mol. The van der Waals surface area contributed by atoms with Crippen molar-refractivity contribution >= 4 is 45.6 Å². The second-order valence-electron chi connectivity index (χ2n) is 7.67. The van der Waals surface area contributed by atoms with Gasteiger partial charge >= 0.3 is 0 Å². The summed E-state index contributed by atoms with van der Waals surface area (Å²) in [5, 5.41) is 3.08. The summed E-state index contributed by atoms with van der Waals surface area (Å²) in [5.74, 6) is 1.87. The fourth-order valence-corrected chi connectivity index (χ4v) is 4.05. The zero-order valence-electron chi connectivity index (χ0n) is 17.6. The molecule has 3 nitrogen and oxygen atoms in total. The Kier molecular flexibility index (Phi) is 5.91. The van der Waals surface area contributed by atoms with Crippen molar-refractivity contribution in [1.29, 1.82) is 0 Å². The number of ether oxygens (including phenoxy) is 1. The predicted octanol–water partition coefficient (Wildman–Crippen LogP) is 7.48. The third kappa shape index (κ3) is 4.39. The maximum absolute atomic E-state index is 6.15. The summed E-state index contributed by atoms with van der Waals surface area (Å²) in [6.45, 7) is 1.46. The topological polar surface area (TPSA) is 27.1 Å². The number of fused-ring (bicyclic) bond motifs is 2. The van der Waals surface area contributed by atoms with E-state index in [1.54, 1.807) is 0 Å². The van der Waals surface area contributed by atoms with E-state index in [-0.39, 0.29) is 0 Å². The van der Waals surface area contributed by atoms with Crippen LogP contribution < -0.4 is 4.74 Å². The first kappa shape index (κ1) is 20.3. The van der Waals surface area contributed by atoms with Crippen molar-refractivity contribution in [2.75, 3.05) is 6.61 Å². The molecule has 0 saturated carbocycles. The van der Waals surface area contributed by atoms with Gasteiger partial charge in [0.25, 0.3) is 0 Å². The molecular weight excluding hydrogens is 416 g/mol. The average Bonchev–Trinajstić information content (AvgIpc) is 3.19. The van der Waals surface area contributed by atoms with Crippen LogP contribution >= 0.6 is 11.6 Å². The Balaban J connectivity index is 1.33. The zero-order valence-corrected chi connectivity index (χ0v) is 18.4. The molecule has 0 N–H and O–H groups in total. The largest absolute Gasteiger partial charge is 0.493 e. The fraction of sp³-hybridized carbons (Fsp3) is 0.107. The summed E-state index contributed by atoms with van der Waals surface area (Å²) in [5.41, 5.74) is 3.22. The van der Waals surface area contributed by atoms with Gasteiger partial charge in [-0.05, 0) is 53.8 Å². The number of hydrogen-bond donors (Lipinski definition) is 0. The van der Waals surface area contributed by atoms with Crippen molar-refractivity contribution in [2.45, 2.75) is 13.0 Å². The van der Waals surface area contributed by atoms with Gasteiger partial charge in [-0.15, -0.1) is 0 Å². The van der Waals surface area contributed by atoms with Gasteiger partial charge in [0.2, 0.25) is 0 Å². The molecule has 0 radical (unpaired) electrons. The minimum atomic E-state index is 0.640. The normalized spacial score (nSPS) is 11.5. The molecule has 0 unspecified atom stereocenters. The minimum absolute atomic E-state index is 0.640. The van der Waals surface area contributed by atoms with Crippen LogP contribution in [0.5, 0.6) is 5.75 Å². The Morgan fingerprint density at radius 3 is 2.50 bits per heavy atom. The first-order valence-corrected chi connectivity index (χ1v) is 11.2. The smallest absolute Gasteiger partial charge is 0.133 e. The lowest BCUT2D eigenvalue weighted by molar-refractivity contribution is 0.306. The van der Waals surface area contributed by atoms with E-state index in [4.69, 9.17) is 21.3 Å². The van der Waals surface area contributed by atoms with Crippen molar-refractivity contribution in [3.63, 3.8) is 0 Å². The molecule has 158 valence electrons. The van der Waals surface area contributed by atoms with Crippen LogP contribution in [0.3, 0.4) is 0 Å². The molecule has 4 heteroatoms. The summed E-state index contributed by atoms with van der Waals surface area (Å²) in [6, 6.07) is 30.6. The third-order valence-corrected chi connectivity index (χ3v) is 5.76. The lowest BCUT2D eigenvalue weighted by Gasteiger charge is -2.11. The summed E-state index contributed by atoms with van der Waals surface area (Å²) >= 11 is 6.00. The third-order valence-electron chi connectivity index (χ3n) is 5.51.